The molecule has 3 rings (SSSR count). The molecule has 0 fully saturated rings. The van der Waals surface area contributed by atoms with Crippen molar-refractivity contribution >= 4 is 0 Å². The van der Waals surface area contributed by atoms with E-state index in [1.54, 1.807) is 18.2 Å². The second-order valence-electron chi connectivity index (χ2n) is 4.67. The van der Waals surface area contributed by atoms with Crippen molar-refractivity contribution < 1.29 is 10.2 Å². The van der Waals surface area contributed by atoms with E-state index in [0.29, 0.717) is 5.82 Å². The molecule has 0 bridgehead atoms. The van der Waals surface area contributed by atoms with E-state index in [2.05, 4.69) is 10.1 Å². The Morgan fingerprint density at radius 3 is 3.06 bits per heavy atom. The monoisotopic (exact) mass is 245 g/mol. The highest BCUT2D eigenvalue weighted by Gasteiger charge is 2.21. The van der Waals surface area contributed by atoms with Gasteiger partial charge in [0.05, 0.1) is 0 Å². The first-order valence-electron chi connectivity index (χ1n) is 6.10. The summed E-state index contributed by atoms with van der Waals surface area (Å²) in [5.41, 5.74) is 0.817. The number of aromatic hydroxyl groups is 1. The second-order valence-corrected chi connectivity index (χ2v) is 4.67. The Morgan fingerprint density at radius 2 is 2.28 bits per heavy atom. The van der Waals surface area contributed by atoms with Crippen LogP contribution >= 0.6 is 0 Å². The van der Waals surface area contributed by atoms with Crippen LogP contribution in [0.3, 0.4) is 0 Å². The van der Waals surface area contributed by atoms with Crippen LogP contribution in [0, 0.1) is 5.92 Å². The standard InChI is InChI=1S/C13H15N3O2/c17-8-9-4-5-12-14-13(15-16(12)7-9)10-2-1-3-11(18)6-10/h1-3,6,9,17-18H,4-5,7-8H2. The predicted molar refractivity (Wildman–Crippen MR) is 66.0 cm³/mol. The van der Waals surface area contributed by atoms with Crippen molar-refractivity contribution in [2.45, 2.75) is 19.4 Å². The molecule has 2 aromatic rings. The summed E-state index contributed by atoms with van der Waals surface area (Å²) in [7, 11) is 0. The van der Waals surface area contributed by atoms with Crippen molar-refractivity contribution in [2.75, 3.05) is 6.61 Å². The molecule has 0 amide bonds. The van der Waals surface area contributed by atoms with Crippen molar-refractivity contribution in [3.63, 3.8) is 0 Å². The van der Waals surface area contributed by atoms with E-state index in [4.69, 9.17) is 0 Å². The Kier molecular flexibility index (Phi) is 2.76. The van der Waals surface area contributed by atoms with Gasteiger partial charge in [-0.1, -0.05) is 12.1 Å². The largest absolute Gasteiger partial charge is 0.508 e. The van der Waals surface area contributed by atoms with Crippen molar-refractivity contribution in [3.8, 4) is 17.1 Å². The number of phenols is 1. The molecule has 0 saturated carbocycles. The SMILES string of the molecule is OCC1CCc2nc(-c3cccc(O)c3)nn2C1. The number of phenolic OH excluding ortho intramolecular Hbond substituents is 1. The zero-order chi connectivity index (χ0) is 12.5. The van der Waals surface area contributed by atoms with Crippen LogP contribution in [-0.2, 0) is 13.0 Å². The number of fused-ring (bicyclic) bond motifs is 1. The molecule has 2 heterocycles. The molecule has 5 nitrogen and oxygen atoms in total. The molecule has 5 heteroatoms. The topological polar surface area (TPSA) is 71.2 Å². The Balaban J connectivity index is 1.94. The summed E-state index contributed by atoms with van der Waals surface area (Å²) in [6, 6.07) is 6.94. The lowest BCUT2D eigenvalue weighted by atomic mass is 10.0. The Bertz CT molecular complexity index is 565. The number of aliphatic hydroxyl groups is 1. The zero-order valence-electron chi connectivity index (χ0n) is 9.95. The van der Waals surface area contributed by atoms with Crippen LogP contribution in [0.1, 0.15) is 12.2 Å². The van der Waals surface area contributed by atoms with Crippen molar-refractivity contribution in [1.29, 1.82) is 0 Å². The molecule has 1 atom stereocenters. The van der Waals surface area contributed by atoms with Gasteiger partial charge in [0.25, 0.3) is 0 Å². The normalized spacial score (nSPS) is 18.6. The molecular formula is C13H15N3O2. The maximum absolute atomic E-state index is 9.46. The van der Waals surface area contributed by atoms with E-state index in [1.807, 2.05) is 10.7 Å². The first-order chi connectivity index (χ1) is 8.76. The summed E-state index contributed by atoms with van der Waals surface area (Å²) >= 11 is 0. The minimum Gasteiger partial charge on any atom is -0.508 e. The Hall–Kier alpha value is -1.88. The molecule has 18 heavy (non-hydrogen) atoms. The third-order valence-electron chi connectivity index (χ3n) is 3.32. The van der Waals surface area contributed by atoms with Gasteiger partial charge in [-0.05, 0) is 18.6 Å². The second kappa shape index (κ2) is 4.42. The highest BCUT2D eigenvalue weighted by molar-refractivity contribution is 5.56. The number of aliphatic hydroxyl groups excluding tert-OH is 1. The maximum Gasteiger partial charge on any atom is 0.181 e. The number of aromatic nitrogens is 3. The fourth-order valence-corrected chi connectivity index (χ4v) is 2.29. The third-order valence-corrected chi connectivity index (χ3v) is 3.32. The van der Waals surface area contributed by atoms with Gasteiger partial charge in [0.2, 0.25) is 0 Å². The lowest BCUT2D eigenvalue weighted by Gasteiger charge is -2.19. The van der Waals surface area contributed by atoms with Crippen LogP contribution in [0.4, 0.5) is 0 Å². The van der Waals surface area contributed by atoms with Gasteiger partial charge < -0.3 is 10.2 Å². The van der Waals surface area contributed by atoms with E-state index < -0.39 is 0 Å². The van der Waals surface area contributed by atoms with Crippen molar-refractivity contribution in [3.05, 3.63) is 30.1 Å². The zero-order valence-corrected chi connectivity index (χ0v) is 9.95. The Labute approximate surface area is 105 Å². The number of rotatable bonds is 2. The molecule has 2 N–H and O–H groups in total. The van der Waals surface area contributed by atoms with Gasteiger partial charge in [0, 0.05) is 31.1 Å². The summed E-state index contributed by atoms with van der Waals surface area (Å²) in [5.74, 6) is 2.09. The van der Waals surface area contributed by atoms with Gasteiger partial charge in [-0.15, -0.1) is 0 Å². The number of hydrogen-bond donors (Lipinski definition) is 2. The molecule has 1 unspecified atom stereocenters. The minimum absolute atomic E-state index is 0.195. The third kappa shape index (κ3) is 1.97. The smallest absolute Gasteiger partial charge is 0.181 e. The lowest BCUT2D eigenvalue weighted by Crippen LogP contribution is -2.23. The van der Waals surface area contributed by atoms with Crippen molar-refractivity contribution in [2.24, 2.45) is 5.92 Å². The molecule has 0 spiro atoms. The number of benzene rings is 1. The molecule has 94 valence electrons. The summed E-state index contributed by atoms with van der Waals surface area (Å²) in [5, 5.41) is 23.1. The maximum atomic E-state index is 9.46. The molecule has 0 radical (unpaired) electrons. The molecule has 0 aliphatic carbocycles. The van der Waals surface area contributed by atoms with Crippen LogP contribution in [-0.4, -0.2) is 31.6 Å². The summed E-state index contributed by atoms with van der Waals surface area (Å²) in [6.45, 7) is 0.915. The summed E-state index contributed by atoms with van der Waals surface area (Å²) in [6.07, 6.45) is 1.80. The molecule has 1 aliphatic rings. The van der Waals surface area contributed by atoms with Gasteiger partial charge in [0.15, 0.2) is 5.82 Å². The highest BCUT2D eigenvalue weighted by Crippen LogP contribution is 2.24. The van der Waals surface area contributed by atoms with Crippen LogP contribution in [0.15, 0.2) is 24.3 Å². The average Bonchev–Trinajstić information content (AvgIpc) is 2.81. The van der Waals surface area contributed by atoms with Gasteiger partial charge in [0.1, 0.15) is 11.6 Å². The van der Waals surface area contributed by atoms with Crippen molar-refractivity contribution in [1.82, 2.24) is 14.8 Å². The first-order valence-corrected chi connectivity index (χ1v) is 6.10. The summed E-state index contributed by atoms with van der Waals surface area (Å²) < 4.78 is 1.86. The average molecular weight is 245 g/mol. The molecule has 1 aliphatic heterocycles. The van der Waals surface area contributed by atoms with E-state index in [-0.39, 0.29) is 18.3 Å². The molecule has 1 aromatic heterocycles. The number of nitrogens with zero attached hydrogens (tertiary/aromatic N) is 3. The summed E-state index contributed by atoms with van der Waals surface area (Å²) in [4.78, 5) is 4.49. The quantitative estimate of drug-likeness (QED) is 0.834. The van der Waals surface area contributed by atoms with Crippen LogP contribution < -0.4 is 0 Å². The van der Waals surface area contributed by atoms with E-state index in [9.17, 15) is 10.2 Å². The van der Waals surface area contributed by atoms with E-state index in [0.717, 1.165) is 30.8 Å². The van der Waals surface area contributed by atoms with E-state index in [1.165, 1.54) is 0 Å². The highest BCUT2D eigenvalue weighted by atomic mass is 16.3. The Morgan fingerprint density at radius 1 is 1.39 bits per heavy atom. The number of hydrogen-bond acceptors (Lipinski definition) is 4. The van der Waals surface area contributed by atoms with Crippen LogP contribution in [0.5, 0.6) is 5.75 Å². The van der Waals surface area contributed by atoms with Crippen LogP contribution in [0.25, 0.3) is 11.4 Å². The molecule has 1 aromatic carbocycles. The molecule has 0 saturated heterocycles. The lowest BCUT2D eigenvalue weighted by molar-refractivity contribution is 0.185. The number of aryl methyl sites for hydroxylation is 1. The fraction of sp³-hybridized carbons (Fsp3) is 0.385. The van der Waals surface area contributed by atoms with Crippen LogP contribution in [0.2, 0.25) is 0 Å². The predicted octanol–water partition coefficient (Wildman–Crippen LogP) is 1.21. The van der Waals surface area contributed by atoms with Gasteiger partial charge in [-0.2, -0.15) is 5.10 Å². The minimum atomic E-state index is 0.195. The van der Waals surface area contributed by atoms with Gasteiger partial charge in [-0.3, -0.25) is 0 Å². The molecular weight excluding hydrogens is 230 g/mol. The van der Waals surface area contributed by atoms with Gasteiger partial charge in [-0.25, -0.2) is 9.67 Å². The first kappa shape index (κ1) is 11.2. The fourth-order valence-electron chi connectivity index (χ4n) is 2.29. The van der Waals surface area contributed by atoms with Gasteiger partial charge >= 0.3 is 0 Å². The van der Waals surface area contributed by atoms with E-state index >= 15 is 0 Å².